The molecule has 1 aromatic heterocycles. The van der Waals surface area contributed by atoms with Crippen LogP contribution in [-0.2, 0) is 11.8 Å². The van der Waals surface area contributed by atoms with Crippen LogP contribution in [0.4, 0.5) is 4.79 Å². The Morgan fingerprint density at radius 2 is 2.05 bits per heavy atom. The molecule has 0 unspecified atom stereocenters. The summed E-state index contributed by atoms with van der Waals surface area (Å²) in [6, 6.07) is 3.00. The highest BCUT2D eigenvalue weighted by Crippen LogP contribution is 2.35. The van der Waals surface area contributed by atoms with Crippen molar-refractivity contribution in [1.82, 2.24) is 14.8 Å². The topological polar surface area (TPSA) is 71.4 Å². The predicted molar refractivity (Wildman–Crippen MR) is 71.2 cm³/mol. The van der Waals surface area contributed by atoms with Crippen LogP contribution in [0.1, 0.15) is 36.2 Å². The third-order valence-electron chi connectivity index (χ3n) is 4.23. The average Bonchev–Trinajstić information content (AvgIpc) is 3.08. The van der Waals surface area contributed by atoms with E-state index in [-0.39, 0.29) is 18.2 Å². The van der Waals surface area contributed by atoms with Gasteiger partial charge in [0.1, 0.15) is 5.54 Å². The van der Waals surface area contributed by atoms with Crippen LogP contribution in [0.25, 0.3) is 0 Å². The zero-order chi connectivity index (χ0) is 14.3. The molecule has 2 aliphatic rings. The molecule has 0 radical (unpaired) electrons. The molecular formula is C14H17N3O3. The van der Waals surface area contributed by atoms with Crippen LogP contribution in [0.15, 0.2) is 18.3 Å². The van der Waals surface area contributed by atoms with Gasteiger partial charge in [-0.25, -0.2) is 4.79 Å². The fourth-order valence-electron chi connectivity index (χ4n) is 3.11. The molecule has 106 valence electrons. The first-order valence-corrected chi connectivity index (χ1v) is 6.82. The van der Waals surface area contributed by atoms with Crippen molar-refractivity contribution in [3.63, 3.8) is 0 Å². The van der Waals surface area contributed by atoms with Gasteiger partial charge in [-0.1, -0.05) is 12.8 Å². The van der Waals surface area contributed by atoms with Gasteiger partial charge in [0.25, 0.3) is 5.91 Å². The minimum atomic E-state index is -0.744. The molecule has 1 N–H and O–H groups in total. The third-order valence-corrected chi connectivity index (χ3v) is 4.23. The lowest BCUT2D eigenvalue weighted by Crippen LogP contribution is -2.44. The molecule has 0 atom stereocenters. The summed E-state index contributed by atoms with van der Waals surface area (Å²) in [6.45, 7) is -0.190. The van der Waals surface area contributed by atoms with Gasteiger partial charge in [0, 0.05) is 13.2 Å². The van der Waals surface area contributed by atoms with E-state index < -0.39 is 11.6 Å². The van der Waals surface area contributed by atoms with Gasteiger partial charge in [-0.15, -0.1) is 0 Å². The summed E-state index contributed by atoms with van der Waals surface area (Å²) in [4.78, 5) is 37.6. The lowest BCUT2D eigenvalue weighted by Gasteiger charge is -2.19. The minimum absolute atomic E-state index is 0.190. The second-order valence-corrected chi connectivity index (χ2v) is 5.54. The molecule has 3 amide bonds. The second kappa shape index (κ2) is 4.47. The van der Waals surface area contributed by atoms with E-state index >= 15 is 0 Å². The first-order valence-electron chi connectivity index (χ1n) is 6.82. The highest BCUT2D eigenvalue weighted by Gasteiger charge is 2.52. The summed E-state index contributed by atoms with van der Waals surface area (Å²) in [5, 5.41) is 2.77. The Labute approximate surface area is 116 Å². The fraction of sp³-hybridized carbons (Fsp3) is 0.500. The van der Waals surface area contributed by atoms with E-state index in [1.54, 1.807) is 29.9 Å². The third kappa shape index (κ3) is 1.83. The lowest BCUT2D eigenvalue weighted by molar-refractivity contribution is -0.130. The van der Waals surface area contributed by atoms with E-state index in [2.05, 4.69) is 5.32 Å². The first-order chi connectivity index (χ1) is 9.53. The molecule has 2 heterocycles. The van der Waals surface area contributed by atoms with Crippen LogP contribution >= 0.6 is 0 Å². The van der Waals surface area contributed by atoms with Crippen LogP contribution in [-0.4, -0.2) is 39.3 Å². The van der Waals surface area contributed by atoms with E-state index in [0.717, 1.165) is 17.7 Å². The Bertz CT molecular complexity index is 584. The Morgan fingerprint density at radius 1 is 1.35 bits per heavy atom. The molecule has 0 aromatic carbocycles. The van der Waals surface area contributed by atoms with Crippen molar-refractivity contribution in [3.05, 3.63) is 24.0 Å². The molecule has 1 saturated heterocycles. The molecule has 1 aliphatic heterocycles. The van der Waals surface area contributed by atoms with Gasteiger partial charge in [0.15, 0.2) is 5.78 Å². The number of imide groups is 1. The van der Waals surface area contributed by atoms with Crippen molar-refractivity contribution in [3.8, 4) is 0 Å². The number of Topliss-reactive ketones (excluding diaryl/α,β-unsaturated/α-hetero) is 1. The van der Waals surface area contributed by atoms with Crippen molar-refractivity contribution < 1.29 is 14.4 Å². The SMILES string of the molecule is Cn1cccc1C(=O)CN1C(=O)NC2(CCCC2)C1=O. The molecule has 1 aromatic rings. The number of nitrogens with one attached hydrogen (secondary N) is 1. The van der Waals surface area contributed by atoms with Gasteiger partial charge >= 0.3 is 6.03 Å². The zero-order valence-corrected chi connectivity index (χ0v) is 11.4. The number of urea groups is 1. The van der Waals surface area contributed by atoms with Crippen LogP contribution in [0.2, 0.25) is 0 Å². The number of carbonyl (C=O) groups excluding carboxylic acids is 3. The number of hydrogen-bond donors (Lipinski definition) is 1. The fourth-order valence-corrected chi connectivity index (χ4v) is 3.11. The van der Waals surface area contributed by atoms with Crippen molar-refractivity contribution in [2.45, 2.75) is 31.2 Å². The van der Waals surface area contributed by atoms with Crippen molar-refractivity contribution in [2.24, 2.45) is 7.05 Å². The quantitative estimate of drug-likeness (QED) is 0.662. The number of aryl methyl sites for hydroxylation is 1. The number of rotatable bonds is 3. The van der Waals surface area contributed by atoms with Crippen molar-refractivity contribution in [2.75, 3.05) is 6.54 Å². The van der Waals surface area contributed by atoms with Crippen molar-refractivity contribution >= 4 is 17.7 Å². The Kier molecular flexibility index (Phi) is 2.88. The van der Waals surface area contributed by atoms with Crippen LogP contribution < -0.4 is 5.32 Å². The minimum Gasteiger partial charge on any atom is -0.348 e. The van der Waals surface area contributed by atoms with E-state index in [1.807, 2.05) is 0 Å². The lowest BCUT2D eigenvalue weighted by atomic mass is 9.98. The first kappa shape index (κ1) is 12.9. The Morgan fingerprint density at radius 3 is 2.65 bits per heavy atom. The molecule has 1 saturated carbocycles. The summed E-state index contributed by atoms with van der Waals surface area (Å²) in [5.41, 5.74) is -0.246. The van der Waals surface area contributed by atoms with E-state index in [9.17, 15) is 14.4 Å². The highest BCUT2D eigenvalue weighted by molar-refractivity contribution is 6.11. The largest absolute Gasteiger partial charge is 0.348 e. The van der Waals surface area contributed by atoms with Gasteiger partial charge in [-0.2, -0.15) is 0 Å². The number of nitrogens with zero attached hydrogens (tertiary/aromatic N) is 2. The molecule has 1 spiro atoms. The van der Waals surface area contributed by atoms with Crippen molar-refractivity contribution in [1.29, 1.82) is 0 Å². The summed E-state index contributed by atoms with van der Waals surface area (Å²) < 4.78 is 1.69. The summed E-state index contributed by atoms with van der Waals surface area (Å²) in [6.07, 6.45) is 4.98. The molecule has 6 heteroatoms. The smallest absolute Gasteiger partial charge is 0.325 e. The van der Waals surface area contributed by atoms with Gasteiger partial charge in [0.2, 0.25) is 0 Å². The molecule has 20 heavy (non-hydrogen) atoms. The van der Waals surface area contributed by atoms with E-state index in [1.165, 1.54) is 0 Å². The van der Waals surface area contributed by atoms with E-state index in [4.69, 9.17) is 0 Å². The highest BCUT2D eigenvalue weighted by atomic mass is 16.2. The maximum atomic E-state index is 12.4. The van der Waals surface area contributed by atoms with Gasteiger partial charge in [-0.05, 0) is 25.0 Å². The van der Waals surface area contributed by atoms with Gasteiger partial charge < -0.3 is 9.88 Å². The second-order valence-electron chi connectivity index (χ2n) is 5.54. The number of amides is 3. The number of carbonyl (C=O) groups is 3. The summed E-state index contributed by atoms with van der Waals surface area (Å²) in [5.74, 6) is -0.474. The molecule has 0 bridgehead atoms. The predicted octanol–water partition coefficient (Wildman–Crippen LogP) is 1.07. The van der Waals surface area contributed by atoms with Gasteiger partial charge in [-0.3, -0.25) is 14.5 Å². The van der Waals surface area contributed by atoms with Crippen LogP contribution in [0.3, 0.4) is 0 Å². The molecule has 2 fully saturated rings. The van der Waals surface area contributed by atoms with Crippen LogP contribution in [0.5, 0.6) is 0 Å². The number of ketones is 1. The maximum Gasteiger partial charge on any atom is 0.325 e. The normalized spacial score (nSPS) is 20.8. The molecule has 6 nitrogen and oxygen atoms in total. The monoisotopic (exact) mass is 275 g/mol. The van der Waals surface area contributed by atoms with Crippen LogP contribution in [0, 0.1) is 0 Å². The average molecular weight is 275 g/mol. The number of hydrogen-bond acceptors (Lipinski definition) is 3. The standard InChI is InChI=1S/C14H17N3O3/c1-16-8-4-5-10(16)11(18)9-17-12(19)14(15-13(17)20)6-2-3-7-14/h4-5,8H,2-3,6-7,9H2,1H3,(H,15,20). The summed E-state index contributed by atoms with van der Waals surface area (Å²) >= 11 is 0. The molecule has 1 aliphatic carbocycles. The molecule has 3 rings (SSSR count). The zero-order valence-electron chi connectivity index (χ0n) is 11.4. The number of aromatic nitrogens is 1. The molecular weight excluding hydrogens is 258 g/mol. The van der Waals surface area contributed by atoms with Gasteiger partial charge in [0.05, 0.1) is 12.2 Å². The Hall–Kier alpha value is -2.11. The Balaban J connectivity index is 1.78. The summed E-state index contributed by atoms with van der Waals surface area (Å²) in [7, 11) is 1.76. The van der Waals surface area contributed by atoms with E-state index in [0.29, 0.717) is 18.5 Å². The maximum absolute atomic E-state index is 12.4.